The number of ether oxygens (including phenoxy) is 1. The molecule has 3 rings (SSSR count). The Morgan fingerprint density at radius 1 is 1.06 bits per heavy atom. The number of unbranched alkanes of at least 4 members (excludes halogenated alkanes) is 2. The molecule has 1 fully saturated rings. The van der Waals surface area contributed by atoms with Crippen molar-refractivity contribution in [1.82, 2.24) is 25.2 Å². The number of aromatic nitrogens is 1. The third-order valence-electron chi connectivity index (χ3n) is 8.94. The summed E-state index contributed by atoms with van der Waals surface area (Å²) in [6.45, 7) is 18.3. The Balaban J connectivity index is 1.58. The molecular weight excluding hydrogens is 728 g/mol. The van der Waals surface area contributed by atoms with Crippen LogP contribution in [-0.4, -0.2) is 88.3 Å². The molecule has 1 unspecified atom stereocenters. The monoisotopic (exact) mass is 786 g/mol. The van der Waals surface area contributed by atoms with Gasteiger partial charge in [0.25, 0.3) is 8.53 Å². The lowest BCUT2D eigenvalue weighted by atomic mass is 9.85. The maximum atomic E-state index is 14.2. The second kappa shape index (κ2) is 21.6. The van der Waals surface area contributed by atoms with E-state index < -0.39 is 44.0 Å². The first-order valence-electron chi connectivity index (χ1n) is 18.8. The molecule has 1 aromatic carbocycles. The Morgan fingerprint density at radius 2 is 1.72 bits per heavy atom. The minimum atomic E-state index is -1.32. The molecule has 15 heteroatoms. The van der Waals surface area contributed by atoms with Gasteiger partial charge in [-0.3, -0.25) is 19.2 Å². The Labute approximate surface area is 326 Å². The maximum absolute atomic E-state index is 14.2. The van der Waals surface area contributed by atoms with Gasteiger partial charge in [-0.05, 0) is 64.0 Å². The number of nitriles is 1. The molecule has 2 aromatic rings. The minimum absolute atomic E-state index is 0.0513. The van der Waals surface area contributed by atoms with Gasteiger partial charge in [0.2, 0.25) is 17.7 Å². The molecule has 0 bridgehead atoms. The summed E-state index contributed by atoms with van der Waals surface area (Å²) in [5.74, 6) is -1.50. The minimum Gasteiger partial charge on any atom is -0.461 e. The van der Waals surface area contributed by atoms with Crippen LogP contribution in [0.1, 0.15) is 105 Å². The van der Waals surface area contributed by atoms with Crippen molar-refractivity contribution in [2.45, 2.75) is 138 Å². The number of amides is 3. The summed E-state index contributed by atoms with van der Waals surface area (Å²) in [7, 11) is -1.32. The number of hydrogen-bond acceptors (Lipinski definition) is 11. The molecule has 0 aliphatic carbocycles. The lowest BCUT2D eigenvalue weighted by Gasteiger charge is -2.35. The number of carbonyl (C=O) groups excluding carboxylic acids is 4. The van der Waals surface area contributed by atoms with Crippen molar-refractivity contribution in [1.29, 1.82) is 5.26 Å². The number of thiazole rings is 1. The number of nitrogens with one attached hydrogen (secondary N) is 2. The summed E-state index contributed by atoms with van der Waals surface area (Å²) in [4.78, 5) is 59.8. The van der Waals surface area contributed by atoms with E-state index in [9.17, 15) is 19.2 Å². The predicted molar refractivity (Wildman–Crippen MR) is 211 cm³/mol. The van der Waals surface area contributed by atoms with Crippen LogP contribution in [0.5, 0.6) is 0 Å². The third kappa shape index (κ3) is 13.7. The first-order chi connectivity index (χ1) is 25.5. The highest BCUT2D eigenvalue weighted by molar-refractivity contribution is 7.44. The molecule has 13 nitrogen and oxygen atoms in total. The van der Waals surface area contributed by atoms with Gasteiger partial charge in [0.15, 0.2) is 0 Å². The highest BCUT2D eigenvalue weighted by atomic mass is 32.1. The van der Waals surface area contributed by atoms with Crippen LogP contribution in [0.2, 0.25) is 0 Å². The molecule has 4 atom stereocenters. The summed E-state index contributed by atoms with van der Waals surface area (Å²) < 4.78 is 19.7. The van der Waals surface area contributed by atoms with Crippen LogP contribution >= 0.6 is 19.9 Å². The zero-order chi connectivity index (χ0) is 40.0. The zero-order valence-electron chi connectivity index (χ0n) is 33.3. The molecule has 1 aromatic heterocycles. The number of nitrogens with zero attached hydrogens (tertiary/aromatic N) is 4. The van der Waals surface area contributed by atoms with Crippen molar-refractivity contribution < 1.29 is 33.0 Å². The maximum Gasteiger partial charge on any atom is 0.302 e. The molecular formula is C39H59N6O7PS. The molecule has 54 heavy (non-hydrogen) atoms. The van der Waals surface area contributed by atoms with Crippen LogP contribution in [0.4, 0.5) is 0 Å². The molecule has 0 spiro atoms. The van der Waals surface area contributed by atoms with Crippen molar-refractivity contribution in [3.05, 3.63) is 41.0 Å². The van der Waals surface area contributed by atoms with Crippen molar-refractivity contribution in [2.75, 3.05) is 19.8 Å². The Morgan fingerprint density at radius 3 is 2.30 bits per heavy atom. The standard InChI is InChI=1S/C39H59N6O7PS/c1-26(2)45(27(3)4)53(51-21-13-19-40)50-20-12-10-11-14-34(47)43-36(39(7,8)9)38(49)44-24-32(52-29(6)46)22-33(44)37(48)41-23-30-15-17-31(18-16-30)35-28(5)42-25-54-35/h15-18,25-27,32-33,36H,10-14,20-24H2,1-9H3,(H,41,48)(H,43,47)/t32-,33+,36-,53?/m1/s1. The van der Waals surface area contributed by atoms with Gasteiger partial charge in [0, 0.05) is 38.4 Å². The average Bonchev–Trinajstić information content (AvgIpc) is 3.72. The Kier molecular flexibility index (Phi) is 17.9. The number of likely N-dealkylation sites (tertiary alicyclic amines) is 1. The van der Waals surface area contributed by atoms with Gasteiger partial charge in [0.1, 0.15) is 18.2 Å². The van der Waals surface area contributed by atoms with Crippen molar-refractivity contribution in [3.8, 4) is 16.5 Å². The van der Waals surface area contributed by atoms with E-state index in [4.69, 9.17) is 19.0 Å². The van der Waals surface area contributed by atoms with E-state index in [1.165, 1.54) is 11.8 Å². The molecule has 2 N–H and O–H groups in total. The van der Waals surface area contributed by atoms with Gasteiger partial charge in [-0.2, -0.15) is 5.26 Å². The van der Waals surface area contributed by atoms with Crippen LogP contribution in [0.15, 0.2) is 29.8 Å². The summed E-state index contributed by atoms with van der Waals surface area (Å²) >= 11 is 1.57. The first kappa shape index (κ1) is 44.9. The molecule has 0 radical (unpaired) electrons. The molecule has 0 saturated carbocycles. The van der Waals surface area contributed by atoms with E-state index in [0.29, 0.717) is 26.1 Å². The summed E-state index contributed by atoms with van der Waals surface area (Å²) in [5.41, 5.74) is 4.06. The number of esters is 1. The van der Waals surface area contributed by atoms with Crippen LogP contribution in [0.3, 0.4) is 0 Å². The fourth-order valence-corrected chi connectivity index (χ4v) is 8.78. The van der Waals surface area contributed by atoms with Crippen LogP contribution in [0.25, 0.3) is 10.4 Å². The van der Waals surface area contributed by atoms with Crippen molar-refractivity contribution in [2.24, 2.45) is 5.41 Å². The molecule has 298 valence electrons. The van der Waals surface area contributed by atoms with E-state index in [-0.39, 0.29) is 49.8 Å². The van der Waals surface area contributed by atoms with Gasteiger partial charge in [0.05, 0.1) is 48.3 Å². The first-order valence-corrected chi connectivity index (χ1v) is 20.8. The van der Waals surface area contributed by atoms with Gasteiger partial charge < -0.3 is 29.3 Å². The van der Waals surface area contributed by atoms with Crippen molar-refractivity contribution >= 4 is 43.6 Å². The largest absolute Gasteiger partial charge is 0.461 e. The Hall–Kier alpha value is -3.47. The molecule has 2 heterocycles. The van der Waals surface area contributed by atoms with E-state index in [1.54, 1.807) is 11.3 Å². The van der Waals surface area contributed by atoms with Crippen LogP contribution in [-0.2, 0) is 39.5 Å². The van der Waals surface area contributed by atoms with Crippen LogP contribution < -0.4 is 10.6 Å². The molecule has 1 saturated heterocycles. The lowest BCUT2D eigenvalue weighted by Crippen LogP contribution is -2.57. The van der Waals surface area contributed by atoms with Gasteiger partial charge in [-0.25, -0.2) is 9.65 Å². The second-order valence-corrected chi connectivity index (χ2v) is 17.5. The molecule has 1 aliphatic rings. The number of carbonyl (C=O) groups is 4. The fraction of sp³-hybridized carbons (Fsp3) is 0.641. The molecule has 1 aliphatic heterocycles. The number of aryl methyl sites for hydroxylation is 1. The van der Waals surface area contributed by atoms with Crippen molar-refractivity contribution in [3.63, 3.8) is 0 Å². The van der Waals surface area contributed by atoms with Crippen LogP contribution in [0, 0.1) is 23.7 Å². The predicted octanol–water partition coefficient (Wildman–Crippen LogP) is 6.65. The zero-order valence-corrected chi connectivity index (χ0v) is 35.1. The summed E-state index contributed by atoms with van der Waals surface area (Å²) in [5, 5.41) is 14.8. The van der Waals surface area contributed by atoms with Gasteiger partial charge >= 0.3 is 5.97 Å². The topological polar surface area (TPSA) is 163 Å². The highest BCUT2D eigenvalue weighted by Gasteiger charge is 2.45. The molecule has 3 amide bonds. The SMILES string of the molecule is CC(=O)O[C@@H]1C[C@@H](C(=O)NCc2ccc(-c3scnc3C)cc2)N(C(=O)[C@@H](NC(=O)CCCCCOP(OCCC#N)N(C(C)C)C(C)C)C(C)(C)C)C1. The summed E-state index contributed by atoms with van der Waals surface area (Å²) in [6.07, 6.45) is 2.08. The number of benzene rings is 1. The lowest BCUT2D eigenvalue weighted by molar-refractivity contribution is -0.147. The smallest absolute Gasteiger partial charge is 0.302 e. The van der Waals surface area contributed by atoms with E-state index >= 15 is 0 Å². The van der Waals surface area contributed by atoms with Gasteiger partial charge in [-0.15, -0.1) is 11.3 Å². The fourth-order valence-electron chi connectivity index (χ4n) is 6.34. The number of hydrogen-bond donors (Lipinski definition) is 2. The normalized spacial score (nSPS) is 17.1. The van der Waals surface area contributed by atoms with Gasteiger partial charge in [-0.1, -0.05) is 51.5 Å². The van der Waals surface area contributed by atoms with E-state index in [2.05, 4.69) is 54.1 Å². The third-order valence-corrected chi connectivity index (χ3v) is 12.0. The number of rotatable bonds is 20. The average molecular weight is 787 g/mol. The summed E-state index contributed by atoms with van der Waals surface area (Å²) in [6, 6.07) is 8.63. The highest BCUT2D eigenvalue weighted by Crippen LogP contribution is 2.46. The van der Waals surface area contributed by atoms with E-state index in [0.717, 1.165) is 34.5 Å². The second-order valence-electron chi connectivity index (χ2n) is 15.2. The van der Waals surface area contributed by atoms with E-state index in [1.807, 2.05) is 57.5 Å². The quantitative estimate of drug-likeness (QED) is 0.0844. The Bertz CT molecular complexity index is 1560.